The van der Waals surface area contributed by atoms with Gasteiger partial charge in [-0.2, -0.15) is 0 Å². The lowest BCUT2D eigenvalue weighted by molar-refractivity contribution is 1.08. The molecule has 0 N–H and O–H groups in total. The number of aromatic nitrogens is 4. The van der Waals surface area contributed by atoms with E-state index in [1.54, 1.807) is 0 Å². The molecule has 3 aromatic heterocycles. The number of rotatable bonds is 4. The Morgan fingerprint density at radius 2 is 0.929 bits per heavy atom. The molecule has 0 aliphatic carbocycles. The zero-order chi connectivity index (χ0) is 36.7. The molecule has 12 rings (SSSR count). The Hall–Kier alpha value is -7.56. The monoisotopic (exact) mass is 712 g/mol. The van der Waals surface area contributed by atoms with Crippen LogP contribution >= 0.6 is 0 Å². The maximum atomic E-state index is 5.49. The third-order valence-corrected chi connectivity index (χ3v) is 11.5. The standard InChI is InChI=1S/C52H32N4/c1-2-15-39(16-3-1)55-47-21-11-8-18-41(47)44-31-36(26-29-48(44)55)37-25-27-42-43-28-24-34-13-6-7-17-40(34)51(43)56(49(42)32-37)52-50(53-45-19-9-10-20-46(45)54-52)38-23-22-33-12-4-5-14-35(33)30-38/h1-32H. The van der Waals surface area contributed by atoms with Gasteiger partial charge in [0.1, 0.15) is 5.69 Å². The molecule has 4 nitrogen and oxygen atoms in total. The third-order valence-electron chi connectivity index (χ3n) is 11.5. The Balaban J connectivity index is 1.16. The van der Waals surface area contributed by atoms with Crippen molar-refractivity contribution in [2.75, 3.05) is 0 Å². The lowest BCUT2D eigenvalue weighted by Gasteiger charge is -2.15. The number of fused-ring (bicyclic) bond motifs is 10. The molecule has 0 aliphatic rings. The molecule has 0 atom stereocenters. The quantitative estimate of drug-likeness (QED) is 0.182. The van der Waals surface area contributed by atoms with Gasteiger partial charge in [0.05, 0.1) is 33.1 Å². The van der Waals surface area contributed by atoms with Crippen molar-refractivity contribution in [3.8, 4) is 33.9 Å². The summed E-state index contributed by atoms with van der Waals surface area (Å²) in [6, 6.07) is 69.7. The van der Waals surface area contributed by atoms with Crippen LogP contribution in [0.1, 0.15) is 0 Å². The molecule has 0 aliphatic heterocycles. The highest BCUT2D eigenvalue weighted by atomic mass is 15.1. The highest BCUT2D eigenvalue weighted by Gasteiger charge is 2.22. The van der Waals surface area contributed by atoms with Gasteiger partial charge in [0, 0.05) is 38.2 Å². The summed E-state index contributed by atoms with van der Waals surface area (Å²) in [6.07, 6.45) is 0. The zero-order valence-electron chi connectivity index (χ0n) is 30.3. The van der Waals surface area contributed by atoms with Gasteiger partial charge in [0.2, 0.25) is 0 Å². The minimum Gasteiger partial charge on any atom is -0.309 e. The minimum absolute atomic E-state index is 0.814. The van der Waals surface area contributed by atoms with Crippen molar-refractivity contribution in [3.05, 3.63) is 194 Å². The summed E-state index contributed by atoms with van der Waals surface area (Å²) in [5, 5.41) is 9.56. The van der Waals surface area contributed by atoms with Crippen molar-refractivity contribution in [2.24, 2.45) is 0 Å². The van der Waals surface area contributed by atoms with Gasteiger partial charge in [-0.1, -0.05) is 140 Å². The fourth-order valence-electron chi connectivity index (χ4n) is 8.86. The normalized spacial score (nSPS) is 11.9. The van der Waals surface area contributed by atoms with Crippen LogP contribution < -0.4 is 0 Å². The van der Waals surface area contributed by atoms with Gasteiger partial charge in [-0.25, -0.2) is 9.97 Å². The Bertz CT molecular complexity index is 3540. The Kier molecular flexibility index (Phi) is 6.60. The molecule has 0 amide bonds. The summed E-state index contributed by atoms with van der Waals surface area (Å²) in [5.74, 6) is 0.814. The SMILES string of the molecule is c1ccc(-n2c3ccccc3c3cc(-c4ccc5c6ccc7ccccc7c6n(-c6nc7ccccc7nc6-c6ccc7ccccc7c6)c5c4)ccc32)cc1. The van der Waals surface area contributed by atoms with Crippen LogP contribution in [0.4, 0.5) is 0 Å². The molecule has 12 aromatic rings. The summed E-state index contributed by atoms with van der Waals surface area (Å²) < 4.78 is 4.74. The number of nitrogens with zero attached hydrogens (tertiary/aromatic N) is 4. The van der Waals surface area contributed by atoms with E-state index in [2.05, 4.69) is 191 Å². The molecule has 0 saturated heterocycles. The second-order valence-corrected chi connectivity index (χ2v) is 14.6. The Morgan fingerprint density at radius 1 is 0.321 bits per heavy atom. The van der Waals surface area contributed by atoms with E-state index in [0.717, 1.165) is 56.0 Å². The van der Waals surface area contributed by atoms with E-state index in [4.69, 9.17) is 9.97 Å². The second kappa shape index (κ2) is 12.0. The van der Waals surface area contributed by atoms with Crippen molar-refractivity contribution >= 4 is 76.2 Å². The van der Waals surface area contributed by atoms with Gasteiger partial charge in [0.25, 0.3) is 0 Å². The van der Waals surface area contributed by atoms with Crippen LogP contribution in [0.15, 0.2) is 194 Å². The predicted octanol–water partition coefficient (Wildman–Crippen LogP) is 13.5. The summed E-state index contributed by atoms with van der Waals surface area (Å²) in [6.45, 7) is 0. The van der Waals surface area contributed by atoms with Gasteiger partial charge in [-0.15, -0.1) is 0 Å². The van der Waals surface area contributed by atoms with E-state index >= 15 is 0 Å². The van der Waals surface area contributed by atoms with Gasteiger partial charge >= 0.3 is 0 Å². The average molecular weight is 713 g/mol. The molecule has 0 fully saturated rings. The molecule has 0 unspecified atom stereocenters. The lowest BCUT2D eigenvalue weighted by atomic mass is 10.0. The van der Waals surface area contributed by atoms with Crippen LogP contribution in [0.3, 0.4) is 0 Å². The summed E-state index contributed by atoms with van der Waals surface area (Å²) in [5.41, 5.74) is 11.7. The fraction of sp³-hybridized carbons (Fsp3) is 0. The first-order valence-corrected chi connectivity index (χ1v) is 19.1. The van der Waals surface area contributed by atoms with E-state index in [1.165, 1.54) is 54.1 Å². The van der Waals surface area contributed by atoms with Gasteiger partial charge < -0.3 is 4.57 Å². The van der Waals surface area contributed by atoms with Gasteiger partial charge in [-0.3, -0.25) is 4.57 Å². The average Bonchev–Trinajstić information content (AvgIpc) is 3.78. The molecule has 4 heteroatoms. The zero-order valence-corrected chi connectivity index (χ0v) is 30.3. The van der Waals surface area contributed by atoms with Crippen LogP contribution in [0, 0.1) is 0 Å². The maximum Gasteiger partial charge on any atom is 0.165 e. The third kappa shape index (κ3) is 4.60. The molecule has 0 spiro atoms. The smallest absolute Gasteiger partial charge is 0.165 e. The molecule has 0 bridgehead atoms. The number of hydrogen-bond acceptors (Lipinski definition) is 2. The summed E-state index contributed by atoms with van der Waals surface area (Å²) in [7, 11) is 0. The van der Waals surface area contributed by atoms with Crippen LogP contribution in [0.25, 0.3) is 110 Å². The highest BCUT2D eigenvalue weighted by Crippen LogP contribution is 2.42. The first kappa shape index (κ1) is 30.9. The van der Waals surface area contributed by atoms with Crippen molar-refractivity contribution < 1.29 is 0 Å². The van der Waals surface area contributed by atoms with Crippen molar-refractivity contribution in [1.29, 1.82) is 0 Å². The predicted molar refractivity (Wildman–Crippen MR) is 234 cm³/mol. The van der Waals surface area contributed by atoms with E-state index in [0.29, 0.717) is 0 Å². The summed E-state index contributed by atoms with van der Waals surface area (Å²) >= 11 is 0. The second-order valence-electron chi connectivity index (χ2n) is 14.6. The van der Waals surface area contributed by atoms with E-state index in [1.807, 2.05) is 12.1 Å². The molecule has 9 aromatic carbocycles. The first-order valence-electron chi connectivity index (χ1n) is 19.1. The van der Waals surface area contributed by atoms with Crippen LogP contribution in [0.2, 0.25) is 0 Å². The fourth-order valence-corrected chi connectivity index (χ4v) is 8.86. The molecule has 0 saturated carbocycles. The largest absolute Gasteiger partial charge is 0.309 e. The molecule has 260 valence electrons. The molecular weight excluding hydrogens is 681 g/mol. The first-order chi connectivity index (χ1) is 27.8. The van der Waals surface area contributed by atoms with E-state index < -0.39 is 0 Å². The van der Waals surface area contributed by atoms with Crippen molar-refractivity contribution in [1.82, 2.24) is 19.1 Å². The number of para-hydroxylation sites is 4. The van der Waals surface area contributed by atoms with Crippen LogP contribution in [-0.2, 0) is 0 Å². The lowest BCUT2D eigenvalue weighted by Crippen LogP contribution is -2.04. The Labute approximate surface area is 322 Å². The molecule has 56 heavy (non-hydrogen) atoms. The topological polar surface area (TPSA) is 35.6 Å². The number of benzene rings is 9. The van der Waals surface area contributed by atoms with E-state index in [9.17, 15) is 0 Å². The number of hydrogen-bond donors (Lipinski definition) is 0. The summed E-state index contributed by atoms with van der Waals surface area (Å²) in [4.78, 5) is 10.9. The van der Waals surface area contributed by atoms with Gasteiger partial charge in [0.15, 0.2) is 5.82 Å². The Morgan fingerprint density at radius 3 is 1.80 bits per heavy atom. The van der Waals surface area contributed by atoms with Crippen molar-refractivity contribution in [3.63, 3.8) is 0 Å². The van der Waals surface area contributed by atoms with Crippen molar-refractivity contribution in [2.45, 2.75) is 0 Å². The molecule has 3 heterocycles. The van der Waals surface area contributed by atoms with E-state index in [-0.39, 0.29) is 0 Å². The van der Waals surface area contributed by atoms with Crippen LogP contribution in [0.5, 0.6) is 0 Å². The molecule has 0 radical (unpaired) electrons. The van der Waals surface area contributed by atoms with Gasteiger partial charge in [-0.05, 0) is 81.9 Å². The minimum atomic E-state index is 0.814. The highest BCUT2D eigenvalue weighted by molar-refractivity contribution is 6.19. The maximum absolute atomic E-state index is 5.49. The molecular formula is C52H32N4. The van der Waals surface area contributed by atoms with Crippen LogP contribution in [-0.4, -0.2) is 19.1 Å².